The van der Waals surface area contributed by atoms with Gasteiger partial charge < -0.3 is 19.9 Å². The molecule has 5 heterocycles. The molecule has 10 nitrogen and oxygen atoms in total. The number of aromatic nitrogens is 6. The van der Waals surface area contributed by atoms with Crippen LogP contribution < -0.4 is 10.2 Å². The zero-order valence-electron chi connectivity index (χ0n) is 21.2. The van der Waals surface area contributed by atoms with Crippen molar-refractivity contribution in [3.63, 3.8) is 0 Å². The molecule has 5 aromatic rings. The minimum absolute atomic E-state index is 0.115. The van der Waals surface area contributed by atoms with E-state index < -0.39 is 17.6 Å². The standard InChI is InChI=1S/C27H23F3N8O2/c1-16-20(12-19(14-34-16)35-26(39)17-3-2-4-18(11-17)27(28,29)30)21-13-22(25-33-7-8-38(25)36-21)37-9-10-40-23(15-37)24-31-5-6-32-24/h2-8,11-14,23H,9-10,15H2,1H3,(H,31,32)(H,35,39). The first-order valence-electron chi connectivity index (χ1n) is 12.4. The molecule has 0 spiro atoms. The summed E-state index contributed by atoms with van der Waals surface area (Å²) in [6.45, 7) is 3.49. The Balaban J connectivity index is 1.32. The van der Waals surface area contributed by atoms with Crippen LogP contribution in [0.4, 0.5) is 24.5 Å². The second-order valence-corrected chi connectivity index (χ2v) is 9.28. The number of imidazole rings is 2. The molecule has 1 fully saturated rings. The van der Waals surface area contributed by atoms with Crippen molar-refractivity contribution in [1.82, 2.24) is 29.5 Å². The van der Waals surface area contributed by atoms with Gasteiger partial charge in [0.05, 0.1) is 42.0 Å². The van der Waals surface area contributed by atoms with Crippen LogP contribution >= 0.6 is 0 Å². The molecule has 4 aromatic heterocycles. The molecule has 1 unspecified atom stereocenters. The summed E-state index contributed by atoms with van der Waals surface area (Å²) in [5.74, 6) is 0.0568. The molecule has 1 amide bonds. The van der Waals surface area contributed by atoms with E-state index in [9.17, 15) is 18.0 Å². The van der Waals surface area contributed by atoms with Crippen LogP contribution in [0.1, 0.15) is 33.5 Å². The minimum atomic E-state index is -4.55. The maximum atomic E-state index is 13.1. The Bertz CT molecular complexity index is 1680. The molecule has 2 N–H and O–H groups in total. The minimum Gasteiger partial charge on any atom is -0.367 e. The van der Waals surface area contributed by atoms with Crippen LogP contribution in [0, 0.1) is 6.92 Å². The summed E-state index contributed by atoms with van der Waals surface area (Å²) >= 11 is 0. The maximum Gasteiger partial charge on any atom is 0.416 e. The van der Waals surface area contributed by atoms with E-state index in [0.717, 1.165) is 23.6 Å². The van der Waals surface area contributed by atoms with Gasteiger partial charge in [-0.15, -0.1) is 0 Å². The van der Waals surface area contributed by atoms with Crippen LogP contribution in [0.15, 0.2) is 67.4 Å². The average molecular weight is 549 g/mol. The largest absolute Gasteiger partial charge is 0.416 e. The first-order chi connectivity index (χ1) is 19.3. The third kappa shape index (κ3) is 4.98. The van der Waals surface area contributed by atoms with Gasteiger partial charge in [-0.2, -0.15) is 18.3 Å². The second-order valence-electron chi connectivity index (χ2n) is 9.28. The lowest BCUT2D eigenvalue weighted by Crippen LogP contribution is -2.39. The Hall–Kier alpha value is -4.78. The predicted octanol–water partition coefficient (Wildman–Crippen LogP) is 4.67. The monoisotopic (exact) mass is 548 g/mol. The number of aromatic amines is 1. The molecular formula is C27H23F3N8O2. The number of carbonyl (C=O) groups excluding carboxylic acids is 1. The number of morpholine rings is 1. The number of benzene rings is 1. The summed E-state index contributed by atoms with van der Waals surface area (Å²) in [6.07, 6.45) is 3.51. The molecule has 0 saturated carbocycles. The number of nitrogens with one attached hydrogen (secondary N) is 2. The SMILES string of the molecule is Cc1ncc(NC(=O)c2cccc(C(F)(F)F)c2)cc1-c1cc(N2CCOC(c3ncc[nH]3)C2)c2nccn2n1. The van der Waals surface area contributed by atoms with Crippen molar-refractivity contribution in [3.8, 4) is 11.3 Å². The average Bonchev–Trinajstić information content (AvgIpc) is 3.66. The van der Waals surface area contributed by atoms with Crippen LogP contribution in [0.2, 0.25) is 0 Å². The van der Waals surface area contributed by atoms with Crippen molar-refractivity contribution in [1.29, 1.82) is 0 Å². The Morgan fingerprint density at radius 2 is 2.02 bits per heavy atom. The first kappa shape index (κ1) is 25.5. The van der Waals surface area contributed by atoms with Crippen molar-refractivity contribution in [2.24, 2.45) is 0 Å². The van der Waals surface area contributed by atoms with E-state index in [1.54, 1.807) is 35.4 Å². The fraction of sp³-hybridized carbons (Fsp3) is 0.222. The molecule has 1 saturated heterocycles. The molecule has 1 atom stereocenters. The molecular weight excluding hydrogens is 525 g/mol. The Morgan fingerprint density at radius 1 is 1.15 bits per heavy atom. The van der Waals surface area contributed by atoms with Gasteiger partial charge in [-0.1, -0.05) is 6.07 Å². The molecule has 0 aliphatic carbocycles. The van der Waals surface area contributed by atoms with Gasteiger partial charge in [-0.3, -0.25) is 9.78 Å². The van der Waals surface area contributed by atoms with Crippen LogP contribution in [0.5, 0.6) is 0 Å². The van der Waals surface area contributed by atoms with Crippen LogP contribution in [-0.2, 0) is 10.9 Å². The van der Waals surface area contributed by atoms with Gasteiger partial charge in [0, 0.05) is 48.2 Å². The van der Waals surface area contributed by atoms with Gasteiger partial charge in [0.2, 0.25) is 0 Å². The molecule has 1 aromatic carbocycles. The second kappa shape index (κ2) is 10.1. The number of aryl methyl sites for hydroxylation is 1. The lowest BCUT2D eigenvalue weighted by molar-refractivity contribution is -0.137. The number of ether oxygens (including phenoxy) is 1. The van der Waals surface area contributed by atoms with Crippen molar-refractivity contribution in [2.75, 3.05) is 29.9 Å². The molecule has 204 valence electrons. The van der Waals surface area contributed by atoms with Crippen molar-refractivity contribution in [2.45, 2.75) is 19.2 Å². The molecule has 6 rings (SSSR count). The Labute approximate surface area is 225 Å². The van der Waals surface area contributed by atoms with E-state index in [2.05, 4.69) is 30.2 Å². The quantitative estimate of drug-likeness (QED) is 0.328. The third-order valence-corrected chi connectivity index (χ3v) is 6.64. The van der Waals surface area contributed by atoms with Gasteiger partial charge in [0.1, 0.15) is 11.9 Å². The van der Waals surface area contributed by atoms with Gasteiger partial charge in [0.15, 0.2) is 5.65 Å². The van der Waals surface area contributed by atoms with Gasteiger partial charge in [-0.05, 0) is 37.3 Å². The summed E-state index contributed by atoms with van der Waals surface area (Å²) in [5.41, 5.74) is 2.71. The lowest BCUT2D eigenvalue weighted by Gasteiger charge is -2.33. The number of fused-ring (bicyclic) bond motifs is 1. The highest BCUT2D eigenvalue weighted by Gasteiger charge is 2.31. The first-order valence-corrected chi connectivity index (χ1v) is 12.4. The molecule has 1 aliphatic rings. The van der Waals surface area contributed by atoms with Gasteiger partial charge in [-0.25, -0.2) is 14.5 Å². The fourth-order valence-electron chi connectivity index (χ4n) is 4.65. The van der Waals surface area contributed by atoms with E-state index in [1.165, 1.54) is 18.3 Å². The number of halogens is 3. The number of H-pyrrole nitrogens is 1. The Kier molecular flexibility index (Phi) is 6.42. The zero-order chi connectivity index (χ0) is 27.9. The van der Waals surface area contributed by atoms with Crippen LogP contribution in [0.25, 0.3) is 16.9 Å². The van der Waals surface area contributed by atoms with E-state index in [0.29, 0.717) is 48.0 Å². The van der Waals surface area contributed by atoms with Crippen molar-refractivity contribution in [3.05, 3.63) is 90.0 Å². The number of hydrogen-bond donors (Lipinski definition) is 2. The van der Waals surface area contributed by atoms with E-state index in [-0.39, 0.29) is 11.7 Å². The zero-order valence-corrected chi connectivity index (χ0v) is 21.2. The van der Waals surface area contributed by atoms with E-state index in [1.807, 2.05) is 13.0 Å². The highest BCUT2D eigenvalue weighted by atomic mass is 19.4. The Morgan fingerprint density at radius 3 is 2.83 bits per heavy atom. The highest BCUT2D eigenvalue weighted by Crippen LogP contribution is 2.33. The highest BCUT2D eigenvalue weighted by molar-refractivity contribution is 6.04. The van der Waals surface area contributed by atoms with Crippen LogP contribution in [0.3, 0.4) is 0 Å². The molecule has 40 heavy (non-hydrogen) atoms. The molecule has 1 aliphatic heterocycles. The van der Waals surface area contributed by atoms with E-state index in [4.69, 9.17) is 9.84 Å². The number of nitrogens with zero attached hydrogens (tertiary/aromatic N) is 6. The maximum absolute atomic E-state index is 13.1. The third-order valence-electron chi connectivity index (χ3n) is 6.64. The summed E-state index contributed by atoms with van der Waals surface area (Å²) in [7, 11) is 0. The molecule has 0 radical (unpaired) electrons. The normalized spacial score (nSPS) is 15.9. The van der Waals surface area contributed by atoms with Crippen LogP contribution in [-0.4, -0.2) is 55.2 Å². The topological polar surface area (TPSA) is 113 Å². The summed E-state index contributed by atoms with van der Waals surface area (Å²) < 4.78 is 47.0. The summed E-state index contributed by atoms with van der Waals surface area (Å²) in [6, 6.07) is 7.87. The summed E-state index contributed by atoms with van der Waals surface area (Å²) in [4.78, 5) is 31.3. The van der Waals surface area contributed by atoms with Gasteiger partial charge >= 0.3 is 6.18 Å². The van der Waals surface area contributed by atoms with Gasteiger partial charge in [0.25, 0.3) is 5.91 Å². The number of pyridine rings is 1. The number of hydrogen-bond acceptors (Lipinski definition) is 7. The lowest BCUT2D eigenvalue weighted by atomic mass is 10.1. The summed E-state index contributed by atoms with van der Waals surface area (Å²) in [5, 5.41) is 7.36. The number of carbonyl (C=O) groups is 1. The number of amides is 1. The van der Waals surface area contributed by atoms with Crippen molar-refractivity contribution < 1.29 is 22.7 Å². The number of rotatable bonds is 5. The fourth-order valence-corrected chi connectivity index (χ4v) is 4.65. The van der Waals surface area contributed by atoms with Crippen molar-refractivity contribution >= 4 is 22.9 Å². The van der Waals surface area contributed by atoms with E-state index >= 15 is 0 Å². The number of anilines is 2. The predicted molar refractivity (Wildman–Crippen MR) is 140 cm³/mol. The molecule has 13 heteroatoms. The number of alkyl halides is 3. The molecule has 0 bridgehead atoms. The smallest absolute Gasteiger partial charge is 0.367 e.